The third-order valence-electron chi connectivity index (χ3n) is 3.67. The Kier molecular flexibility index (Phi) is 4.38. The van der Waals surface area contributed by atoms with E-state index in [1.54, 1.807) is 23.3 Å². The zero-order valence-electron chi connectivity index (χ0n) is 13.5. The molecule has 0 aliphatic carbocycles. The molecule has 0 aliphatic heterocycles. The zero-order chi connectivity index (χ0) is 17.9. The molecule has 9 nitrogen and oxygen atoms in total. The molecule has 0 radical (unpaired) electrons. The Morgan fingerprint density at radius 2 is 2.08 bits per heavy atom. The quantitative estimate of drug-likeness (QED) is 0.412. The molecule has 10 heteroatoms. The van der Waals surface area contributed by atoms with Crippen LogP contribution in [0.3, 0.4) is 0 Å². The molecule has 0 bridgehead atoms. The molecule has 4 N–H and O–H groups in total. The number of aliphatic hydroxyl groups excluding tert-OH is 1. The molecule has 0 unspecified atom stereocenters. The Balaban J connectivity index is 1.55. The third-order valence-corrected chi connectivity index (χ3v) is 3.94. The lowest BCUT2D eigenvalue weighted by Crippen LogP contribution is -2.02. The first-order chi connectivity index (χ1) is 12.7. The summed E-state index contributed by atoms with van der Waals surface area (Å²) in [5, 5.41) is 27.6. The van der Waals surface area contributed by atoms with Crippen LogP contribution in [0.5, 0.6) is 0 Å². The Labute approximate surface area is 153 Å². The van der Waals surface area contributed by atoms with Crippen molar-refractivity contribution >= 4 is 45.6 Å². The Hall–Kier alpha value is -3.17. The van der Waals surface area contributed by atoms with Crippen LogP contribution in [0.4, 0.5) is 23.1 Å². The second-order valence-corrected chi connectivity index (χ2v) is 5.94. The number of hydrogen-bond acceptors (Lipinski definition) is 7. The third kappa shape index (κ3) is 3.44. The fourth-order valence-electron chi connectivity index (χ4n) is 2.45. The van der Waals surface area contributed by atoms with Crippen molar-refractivity contribution in [3.05, 3.63) is 48.0 Å². The van der Waals surface area contributed by atoms with Crippen molar-refractivity contribution in [3.63, 3.8) is 0 Å². The average Bonchev–Trinajstić information content (AvgIpc) is 3.27. The summed E-state index contributed by atoms with van der Waals surface area (Å²) >= 11 is 6.21. The number of benzene rings is 1. The van der Waals surface area contributed by atoms with E-state index in [1.807, 2.05) is 18.2 Å². The smallest absolute Gasteiger partial charge is 0.229 e. The molecule has 3 heterocycles. The van der Waals surface area contributed by atoms with Gasteiger partial charge in [0.15, 0.2) is 5.82 Å². The Bertz CT molecular complexity index is 1040. The topological polar surface area (TPSA) is 117 Å². The summed E-state index contributed by atoms with van der Waals surface area (Å²) in [5.41, 5.74) is 2.50. The van der Waals surface area contributed by atoms with Gasteiger partial charge >= 0.3 is 0 Å². The first-order valence-corrected chi connectivity index (χ1v) is 8.22. The first-order valence-electron chi connectivity index (χ1n) is 7.84. The lowest BCUT2D eigenvalue weighted by molar-refractivity contribution is 0.269. The van der Waals surface area contributed by atoms with Gasteiger partial charge < -0.3 is 15.7 Å². The molecule has 0 saturated heterocycles. The lowest BCUT2D eigenvalue weighted by Gasteiger charge is -2.09. The standard InChI is InChI=1S/C16H15ClN8O/c17-13-8-18-16(22-12-7-20-25(9-12)3-4-26)23-15(13)21-11-1-2-14-10(5-11)6-19-24-14/h1-2,5-9,26H,3-4H2,(H,19,24)(H2,18,21,22,23). The number of aromatic amines is 1. The maximum Gasteiger partial charge on any atom is 0.229 e. The minimum Gasteiger partial charge on any atom is -0.394 e. The number of rotatable bonds is 6. The van der Waals surface area contributed by atoms with Crippen LogP contribution in [-0.4, -0.2) is 41.7 Å². The van der Waals surface area contributed by atoms with E-state index in [4.69, 9.17) is 16.7 Å². The molecular formula is C16H15ClN8O. The number of nitrogens with one attached hydrogen (secondary N) is 3. The first kappa shape index (κ1) is 16.3. The molecule has 0 aliphatic rings. The Morgan fingerprint density at radius 1 is 1.15 bits per heavy atom. The predicted octanol–water partition coefficient (Wildman–Crippen LogP) is 2.68. The molecule has 1 aromatic carbocycles. The average molecular weight is 371 g/mol. The predicted molar refractivity (Wildman–Crippen MR) is 99.0 cm³/mol. The van der Waals surface area contributed by atoms with Gasteiger partial charge in [-0.15, -0.1) is 0 Å². The molecule has 132 valence electrons. The number of hydrogen-bond donors (Lipinski definition) is 4. The van der Waals surface area contributed by atoms with Crippen molar-refractivity contribution < 1.29 is 5.11 Å². The van der Waals surface area contributed by atoms with Gasteiger partial charge in [-0.05, 0) is 18.2 Å². The molecular weight excluding hydrogens is 356 g/mol. The van der Waals surface area contributed by atoms with Crippen LogP contribution < -0.4 is 10.6 Å². The van der Waals surface area contributed by atoms with Gasteiger partial charge in [0.25, 0.3) is 0 Å². The van der Waals surface area contributed by atoms with E-state index in [0.29, 0.717) is 29.0 Å². The van der Waals surface area contributed by atoms with E-state index >= 15 is 0 Å². The molecule has 0 fully saturated rings. The van der Waals surface area contributed by atoms with Gasteiger partial charge in [0.2, 0.25) is 5.95 Å². The van der Waals surface area contributed by atoms with Gasteiger partial charge in [-0.3, -0.25) is 9.78 Å². The number of fused-ring (bicyclic) bond motifs is 1. The summed E-state index contributed by atoms with van der Waals surface area (Å²) < 4.78 is 1.62. The molecule has 26 heavy (non-hydrogen) atoms. The molecule has 0 atom stereocenters. The molecule has 0 spiro atoms. The Morgan fingerprint density at radius 3 is 2.96 bits per heavy atom. The monoisotopic (exact) mass is 370 g/mol. The van der Waals surface area contributed by atoms with Crippen molar-refractivity contribution in [2.45, 2.75) is 6.54 Å². The summed E-state index contributed by atoms with van der Waals surface area (Å²) in [5.74, 6) is 0.861. The van der Waals surface area contributed by atoms with Crippen LogP contribution in [-0.2, 0) is 6.54 Å². The molecule has 4 rings (SSSR count). The van der Waals surface area contributed by atoms with Gasteiger partial charge in [-0.25, -0.2) is 4.98 Å². The normalized spacial score (nSPS) is 11.0. The summed E-state index contributed by atoms with van der Waals surface area (Å²) in [6.07, 6.45) is 6.66. The summed E-state index contributed by atoms with van der Waals surface area (Å²) in [6.45, 7) is 0.445. The number of nitrogens with zero attached hydrogens (tertiary/aromatic N) is 5. The van der Waals surface area contributed by atoms with E-state index < -0.39 is 0 Å². The van der Waals surface area contributed by atoms with Crippen LogP contribution in [0.1, 0.15) is 0 Å². The number of aliphatic hydroxyl groups is 1. The van der Waals surface area contributed by atoms with Crippen molar-refractivity contribution in [3.8, 4) is 0 Å². The molecule has 3 aromatic heterocycles. The van der Waals surface area contributed by atoms with Gasteiger partial charge in [-0.1, -0.05) is 11.6 Å². The molecule has 4 aromatic rings. The van der Waals surface area contributed by atoms with E-state index in [2.05, 4.69) is 35.9 Å². The van der Waals surface area contributed by atoms with Crippen molar-refractivity contribution in [2.24, 2.45) is 0 Å². The molecule has 0 amide bonds. The highest BCUT2D eigenvalue weighted by molar-refractivity contribution is 6.32. The highest BCUT2D eigenvalue weighted by atomic mass is 35.5. The number of anilines is 4. The fourth-order valence-corrected chi connectivity index (χ4v) is 2.59. The van der Waals surface area contributed by atoms with Gasteiger partial charge in [0.1, 0.15) is 5.02 Å². The van der Waals surface area contributed by atoms with Crippen LogP contribution in [0.25, 0.3) is 10.9 Å². The highest BCUT2D eigenvalue weighted by Crippen LogP contribution is 2.26. The molecule has 0 saturated carbocycles. The van der Waals surface area contributed by atoms with E-state index in [9.17, 15) is 0 Å². The van der Waals surface area contributed by atoms with Gasteiger partial charge in [-0.2, -0.15) is 15.2 Å². The highest BCUT2D eigenvalue weighted by Gasteiger charge is 2.08. The zero-order valence-corrected chi connectivity index (χ0v) is 14.3. The number of aromatic nitrogens is 6. The second-order valence-electron chi connectivity index (χ2n) is 5.53. The largest absolute Gasteiger partial charge is 0.394 e. The van der Waals surface area contributed by atoms with Crippen molar-refractivity contribution in [1.29, 1.82) is 0 Å². The van der Waals surface area contributed by atoms with Gasteiger partial charge in [0.05, 0.1) is 42.9 Å². The minimum atomic E-state index is 0.0215. The fraction of sp³-hybridized carbons (Fsp3) is 0.125. The van der Waals surface area contributed by atoms with Gasteiger partial charge in [0, 0.05) is 17.3 Å². The van der Waals surface area contributed by atoms with Crippen molar-refractivity contribution in [2.75, 3.05) is 17.2 Å². The van der Waals surface area contributed by atoms with E-state index in [0.717, 1.165) is 16.6 Å². The summed E-state index contributed by atoms with van der Waals surface area (Å²) in [6, 6.07) is 5.78. The van der Waals surface area contributed by atoms with Crippen LogP contribution in [0, 0.1) is 0 Å². The van der Waals surface area contributed by atoms with E-state index in [-0.39, 0.29) is 6.61 Å². The minimum absolute atomic E-state index is 0.0215. The van der Waals surface area contributed by atoms with Crippen LogP contribution in [0.15, 0.2) is 43.0 Å². The van der Waals surface area contributed by atoms with Crippen LogP contribution in [0.2, 0.25) is 5.02 Å². The number of halogens is 1. The number of H-pyrrole nitrogens is 1. The summed E-state index contributed by atoms with van der Waals surface area (Å²) in [7, 11) is 0. The van der Waals surface area contributed by atoms with Crippen molar-refractivity contribution in [1.82, 2.24) is 29.9 Å². The van der Waals surface area contributed by atoms with Crippen LogP contribution >= 0.6 is 11.6 Å². The SMILES string of the molecule is OCCn1cc(Nc2ncc(Cl)c(Nc3ccc4[nH]ncc4c3)n2)cn1. The maximum absolute atomic E-state index is 8.94. The lowest BCUT2D eigenvalue weighted by atomic mass is 10.2. The summed E-state index contributed by atoms with van der Waals surface area (Å²) in [4.78, 5) is 8.59. The second kappa shape index (κ2) is 6.98. The maximum atomic E-state index is 8.94. The van der Waals surface area contributed by atoms with E-state index in [1.165, 1.54) is 6.20 Å².